The summed E-state index contributed by atoms with van der Waals surface area (Å²) in [5.74, 6) is -11.3. The first-order valence-corrected chi connectivity index (χ1v) is 47.4. The molecule has 51 heteroatoms. The number of para-hydroxylation sites is 5. The summed E-state index contributed by atoms with van der Waals surface area (Å²) in [7, 11) is 0. The molecule has 0 heterocycles. The summed E-state index contributed by atoms with van der Waals surface area (Å²) in [4.78, 5) is 117. The zero-order valence-electron chi connectivity index (χ0n) is 83.6. The number of benzene rings is 5. The van der Waals surface area contributed by atoms with Crippen LogP contribution < -0.4 is 23.7 Å². The standard InChI is InChI=1S/C99H140O51/c1-99(2,3)150-58-84(40-130-68-98(119)120)146-49-83(39-129-67-97(117)118)144-47-81(37-127-65-95(113)114)142-45-79(35-125-63-93(109)110)140-43-77(33-123-61-91(105)106)138-41-75(31-121-59-89(101)102)137-42-76(32-122-60-90(103)104)139-44-78(34-124-62-92(107)108)141-46-80(36-126-64-94(111)112)143-48-82(38-128-66-96(115)116)145-55-86(51-134-72-23-13-6-14-24-72)148-57-88(53-136-74-27-17-8-18-28-74)149-56-87(52-135-73-25-15-7-16-26-73)147-54-85(50-133-71-21-11-5-12-22-71)132-30-69(100)29-131-70-19-9-4-10-20-70/h4-28,69,75-88,100H,29-68H2,1-3H3,(H,101,102)(H,103,104)(H,105,106)(H,107,108)(H,109,110)(H,111,112)(H,113,114)(H,115,116)(H,117,118)(H,119,120). The number of aliphatic hydroxyl groups excluding tert-OH is 1. The van der Waals surface area contributed by atoms with E-state index in [4.69, 9.17) is 142 Å². The Bertz CT molecular complexity index is 4400. The van der Waals surface area contributed by atoms with Gasteiger partial charge in [-0.25, -0.2) is 47.9 Å². The number of aliphatic carboxylic acids is 10. The van der Waals surface area contributed by atoms with Crippen LogP contribution in [0.4, 0.5) is 0 Å². The van der Waals surface area contributed by atoms with Crippen molar-refractivity contribution in [2.75, 3.05) is 264 Å². The molecule has 11 N–H and O–H groups in total. The molecule has 15 unspecified atom stereocenters. The van der Waals surface area contributed by atoms with E-state index in [0.717, 1.165) is 0 Å². The Morgan fingerprint density at radius 3 is 0.447 bits per heavy atom. The molecule has 0 amide bonds. The molecule has 150 heavy (non-hydrogen) atoms. The van der Waals surface area contributed by atoms with Crippen LogP contribution in [0.5, 0.6) is 28.7 Å². The minimum atomic E-state index is -1.44. The second kappa shape index (κ2) is 79.7. The number of carbonyl (C=O) groups is 10. The summed E-state index contributed by atoms with van der Waals surface area (Å²) in [6.07, 6.45) is -16.9. The third-order valence-corrected chi connectivity index (χ3v) is 19.2. The molecule has 0 aromatic heterocycles. The smallest absolute Gasteiger partial charge is 0.329 e. The topological polar surface area (TPSA) is 670 Å². The average molecular weight is 2150 g/mol. The summed E-state index contributed by atoms with van der Waals surface area (Å²) in [6.45, 7) is -14.5. The van der Waals surface area contributed by atoms with Gasteiger partial charge in [-0.1, -0.05) is 91.0 Å². The predicted molar refractivity (Wildman–Crippen MR) is 512 cm³/mol. The van der Waals surface area contributed by atoms with Gasteiger partial charge < -0.3 is 198 Å². The lowest BCUT2D eigenvalue weighted by Gasteiger charge is -2.28. The van der Waals surface area contributed by atoms with E-state index >= 15 is 0 Å². The van der Waals surface area contributed by atoms with E-state index in [2.05, 4.69) is 0 Å². The van der Waals surface area contributed by atoms with Crippen LogP contribution in [0.3, 0.4) is 0 Å². The van der Waals surface area contributed by atoms with Crippen molar-refractivity contribution in [3.05, 3.63) is 152 Å². The second-order valence-corrected chi connectivity index (χ2v) is 33.7. The van der Waals surface area contributed by atoms with Gasteiger partial charge >= 0.3 is 59.7 Å². The molecular weight excluding hydrogens is 2010 g/mol. The number of carboxylic acid groups (broad SMARTS) is 10. The van der Waals surface area contributed by atoms with Gasteiger partial charge in [-0.15, -0.1) is 0 Å². The quantitative estimate of drug-likeness (QED) is 0.0266. The van der Waals surface area contributed by atoms with Crippen LogP contribution in [0.1, 0.15) is 20.8 Å². The molecule has 0 spiro atoms. The summed E-state index contributed by atoms with van der Waals surface area (Å²) < 4.78 is 178. The van der Waals surface area contributed by atoms with Crippen LogP contribution in [0.2, 0.25) is 0 Å². The molecule has 5 aromatic rings. The van der Waals surface area contributed by atoms with E-state index < -0.39 is 335 Å². The maximum Gasteiger partial charge on any atom is 0.329 e. The Hall–Kier alpha value is -11.2. The maximum atomic E-state index is 12.0. The lowest BCUT2D eigenvalue weighted by atomic mass is 10.2. The lowest BCUT2D eigenvalue weighted by Crippen LogP contribution is -2.40. The largest absolute Gasteiger partial charge is 0.491 e. The first kappa shape index (κ1) is 129. The summed E-state index contributed by atoms with van der Waals surface area (Å²) in [5.41, 5.74) is -0.692. The fourth-order valence-corrected chi connectivity index (χ4v) is 12.1. The first-order valence-electron chi connectivity index (χ1n) is 47.4. The number of rotatable bonds is 99. The molecule has 0 saturated heterocycles. The number of ether oxygens (including phenoxy) is 30. The molecule has 0 aliphatic heterocycles. The van der Waals surface area contributed by atoms with Crippen LogP contribution in [0.25, 0.3) is 0 Å². The third kappa shape index (κ3) is 70.0. The van der Waals surface area contributed by atoms with E-state index in [9.17, 15) is 104 Å². The molecule has 5 rings (SSSR count). The van der Waals surface area contributed by atoms with Crippen molar-refractivity contribution in [3.8, 4) is 28.7 Å². The zero-order chi connectivity index (χ0) is 109. The third-order valence-electron chi connectivity index (χ3n) is 19.2. The monoisotopic (exact) mass is 2140 g/mol. The molecule has 0 aliphatic carbocycles. The molecule has 0 radical (unpaired) electrons. The summed E-state index contributed by atoms with van der Waals surface area (Å²) >= 11 is 0. The van der Waals surface area contributed by atoms with Crippen LogP contribution in [0, 0.1) is 0 Å². The van der Waals surface area contributed by atoms with Gasteiger partial charge in [0, 0.05) is 0 Å². The van der Waals surface area contributed by atoms with Crippen molar-refractivity contribution in [2.45, 2.75) is 118 Å². The molecule has 15 atom stereocenters. The van der Waals surface area contributed by atoms with Gasteiger partial charge in [0.25, 0.3) is 0 Å². The Labute approximate surface area is 865 Å². The summed E-state index contributed by atoms with van der Waals surface area (Å²) in [5, 5.41) is 107. The van der Waals surface area contributed by atoms with E-state index in [0.29, 0.717) is 28.7 Å². The van der Waals surface area contributed by atoms with Crippen LogP contribution in [-0.2, 0) is 166 Å². The van der Waals surface area contributed by atoms with E-state index in [1.165, 1.54) is 0 Å². The van der Waals surface area contributed by atoms with Crippen molar-refractivity contribution in [1.82, 2.24) is 0 Å². The molecule has 0 fully saturated rings. The van der Waals surface area contributed by atoms with Gasteiger partial charge in [0.05, 0.1) is 171 Å². The maximum absolute atomic E-state index is 12.0. The van der Waals surface area contributed by atoms with Gasteiger partial charge in [0.2, 0.25) is 0 Å². The SMILES string of the molecule is CC(C)(C)OCC(COCC(=O)O)OCC(COCC(=O)O)OCC(COCC(=O)O)OCC(COCC(=O)O)OCC(COCC(=O)O)OCC(COCC(=O)O)OCC(COCC(=O)O)OCC(COCC(=O)O)OCC(COCC(=O)O)OCC(COCC(=O)O)OCC(COc1ccccc1)OCC(COc1ccccc1)OCC(COc1ccccc1)OCC(COc1ccccc1)OCC(O)COc1ccccc1. The second-order valence-electron chi connectivity index (χ2n) is 33.7. The van der Waals surface area contributed by atoms with Gasteiger partial charge in [-0.05, 0) is 81.4 Å². The zero-order valence-corrected chi connectivity index (χ0v) is 83.6. The first-order chi connectivity index (χ1) is 72.1. The highest BCUT2D eigenvalue weighted by molar-refractivity contribution is 5.70. The Morgan fingerprint density at radius 1 is 0.180 bits per heavy atom. The minimum Gasteiger partial charge on any atom is -0.491 e. The van der Waals surface area contributed by atoms with E-state index in [1.807, 2.05) is 36.4 Å². The molecular formula is C99H140O51. The minimum absolute atomic E-state index is 0.00135. The van der Waals surface area contributed by atoms with Gasteiger partial charge in [-0.3, -0.25) is 0 Å². The van der Waals surface area contributed by atoms with Crippen molar-refractivity contribution in [3.63, 3.8) is 0 Å². The van der Waals surface area contributed by atoms with Crippen molar-refractivity contribution in [2.24, 2.45) is 0 Å². The fourth-order valence-electron chi connectivity index (χ4n) is 12.1. The van der Waals surface area contributed by atoms with E-state index in [1.54, 1.807) is 136 Å². The average Bonchev–Trinajstić information content (AvgIpc) is 0.904. The number of carboxylic acids is 10. The Balaban J connectivity index is 1.38. The fraction of sp³-hybridized carbons (Fsp3) is 0.596. The molecule has 0 saturated carbocycles. The van der Waals surface area contributed by atoms with Crippen molar-refractivity contribution < 1.29 is 246 Å². The van der Waals surface area contributed by atoms with Gasteiger partial charge in [-0.2, -0.15) is 0 Å². The van der Waals surface area contributed by atoms with Gasteiger partial charge in [0.15, 0.2) is 0 Å². The molecule has 51 nitrogen and oxygen atoms in total. The Kier molecular flexibility index (Phi) is 68.7. The number of hydrogen-bond acceptors (Lipinski definition) is 41. The summed E-state index contributed by atoms with van der Waals surface area (Å²) in [6, 6.07) is 44.5. The molecule has 5 aromatic carbocycles. The number of aliphatic hydroxyl groups is 1. The van der Waals surface area contributed by atoms with Crippen LogP contribution in [0.15, 0.2) is 152 Å². The Morgan fingerprint density at radius 2 is 0.307 bits per heavy atom. The normalized spacial score (nSPS) is 14.7. The molecule has 842 valence electrons. The molecule has 0 bridgehead atoms. The molecule has 0 aliphatic rings. The highest BCUT2D eigenvalue weighted by Gasteiger charge is 2.31. The van der Waals surface area contributed by atoms with Crippen LogP contribution in [-0.4, -0.2) is 477 Å². The highest BCUT2D eigenvalue weighted by Crippen LogP contribution is 2.21. The van der Waals surface area contributed by atoms with Gasteiger partial charge in [0.1, 0.15) is 219 Å². The van der Waals surface area contributed by atoms with Crippen LogP contribution >= 0.6 is 0 Å². The highest BCUT2D eigenvalue weighted by atomic mass is 16.7. The van der Waals surface area contributed by atoms with Crippen molar-refractivity contribution in [1.29, 1.82) is 0 Å². The van der Waals surface area contributed by atoms with Crippen molar-refractivity contribution >= 4 is 59.7 Å². The number of hydrogen-bond donors (Lipinski definition) is 11. The lowest BCUT2D eigenvalue weighted by molar-refractivity contribution is -0.170. The van der Waals surface area contributed by atoms with E-state index in [-0.39, 0.29) is 85.9 Å². The predicted octanol–water partition coefficient (Wildman–Crippen LogP) is 2.96.